The second-order valence-electron chi connectivity index (χ2n) is 7.25. The first-order valence-corrected chi connectivity index (χ1v) is 9.33. The average molecular weight is 351 g/mol. The largest absolute Gasteiger partial charge is 0.465 e. The van der Waals surface area contributed by atoms with Gasteiger partial charge in [-0.1, -0.05) is 0 Å². The second-order valence-corrected chi connectivity index (χ2v) is 7.25. The van der Waals surface area contributed by atoms with Crippen LogP contribution in [0.1, 0.15) is 51.2 Å². The molecule has 6 nitrogen and oxygen atoms in total. The van der Waals surface area contributed by atoms with Crippen LogP contribution in [0.5, 0.6) is 0 Å². The maximum atomic E-state index is 5.92. The third-order valence-corrected chi connectivity index (χ3v) is 4.65. The van der Waals surface area contributed by atoms with Gasteiger partial charge >= 0.3 is 0 Å². The van der Waals surface area contributed by atoms with Gasteiger partial charge in [0.25, 0.3) is 0 Å². The minimum Gasteiger partial charge on any atom is -0.465 e. The lowest BCUT2D eigenvalue weighted by Gasteiger charge is -2.27. The fraction of sp³-hybridized carbons (Fsp3) is 0.737. The first kappa shape index (κ1) is 19.8. The molecule has 0 aliphatic carbocycles. The van der Waals surface area contributed by atoms with E-state index in [-0.39, 0.29) is 11.6 Å². The topological polar surface area (TPSA) is 62.0 Å². The van der Waals surface area contributed by atoms with Crippen LogP contribution in [0.3, 0.4) is 0 Å². The summed E-state index contributed by atoms with van der Waals surface area (Å²) in [6.07, 6.45) is 2.51. The number of nitrogens with zero attached hydrogens (tertiary/aromatic N) is 2. The number of nitrogens with one attached hydrogen (secondary N) is 2. The Morgan fingerprint density at radius 3 is 2.60 bits per heavy atom. The maximum absolute atomic E-state index is 5.92. The Kier molecular flexibility index (Phi) is 7.32. The summed E-state index contributed by atoms with van der Waals surface area (Å²) in [7, 11) is 1.72. The van der Waals surface area contributed by atoms with Crippen molar-refractivity contribution in [3.63, 3.8) is 0 Å². The Morgan fingerprint density at radius 2 is 2.04 bits per heavy atom. The van der Waals surface area contributed by atoms with Crippen LogP contribution in [0.15, 0.2) is 21.5 Å². The van der Waals surface area contributed by atoms with Crippen molar-refractivity contribution in [3.8, 4) is 0 Å². The summed E-state index contributed by atoms with van der Waals surface area (Å²) in [5.74, 6) is 2.81. The van der Waals surface area contributed by atoms with Crippen LogP contribution < -0.4 is 10.6 Å². The summed E-state index contributed by atoms with van der Waals surface area (Å²) >= 11 is 0. The first-order valence-electron chi connectivity index (χ1n) is 9.33. The molecule has 2 N–H and O–H groups in total. The third-order valence-electron chi connectivity index (χ3n) is 4.65. The number of aliphatic imine (C=N–C) groups is 1. The van der Waals surface area contributed by atoms with Gasteiger partial charge in [-0.15, -0.1) is 0 Å². The molecule has 2 rings (SSSR count). The fourth-order valence-electron chi connectivity index (χ4n) is 2.96. The minimum absolute atomic E-state index is 0.232. The average Bonchev–Trinajstić information content (AvgIpc) is 3.25. The maximum Gasteiger partial charge on any atom is 0.191 e. The van der Waals surface area contributed by atoms with Crippen LogP contribution in [-0.4, -0.2) is 56.3 Å². The molecule has 0 aromatic carbocycles. The van der Waals surface area contributed by atoms with E-state index in [0.29, 0.717) is 6.54 Å². The molecule has 1 aromatic heterocycles. The summed E-state index contributed by atoms with van der Waals surface area (Å²) in [6, 6.07) is 4.37. The molecular formula is C19H34N4O2. The van der Waals surface area contributed by atoms with Gasteiger partial charge < -0.3 is 19.8 Å². The van der Waals surface area contributed by atoms with E-state index in [9.17, 15) is 0 Å². The van der Waals surface area contributed by atoms with Gasteiger partial charge in [-0.3, -0.25) is 9.89 Å². The molecule has 1 unspecified atom stereocenters. The molecule has 0 radical (unpaired) electrons. The van der Waals surface area contributed by atoms with Crippen LogP contribution in [0.4, 0.5) is 0 Å². The van der Waals surface area contributed by atoms with Crippen molar-refractivity contribution >= 4 is 5.96 Å². The van der Waals surface area contributed by atoms with Gasteiger partial charge in [0.05, 0.1) is 18.2 Å². The van der Waals surface area contributed by atoms with Gasteiger partial charge in [-0.25, -0.2) is 0 Å². The summed E-state index contributed by atoms with van der Waals surface area (Å²) in [5.41, 5.74) is -0.269. The van der Waals surface area contributed by atoms with Crippen molar-refractivity contribution in [2.24, 2.45) is 4.99 Å². The SMILES string of the molecule is CCNC(=NCC(C)(C)OC)NCC(c1ccc(C)o1)N1CCCC1. The first-order chi connectivity index (χ1) is 11.9. The van der Waals surface area contributed by atoms with Crippen LogP contribution >= 0.6 is 0 Å². The normalized spacial score (nSPS) is 17.7. The van der Waals surface area contributed by atoms with E-state index in [1.54, 1.807) is 7.11 Å². The lowest BCUT2D eigenvalue weighted by atomic mass is 10.1. The Bertz CT molecular complexity index is 547. The Morgan fingerprint density at radius 1 is 1.32 bits per heavy atom. The van der Waals surface area contributed by atoms with Crippen LogP contribution in [-0.2, 0) is 4.74 Å². The van der Waals surface area contributed by atoms with E-state index in [1.807, 2.05) is 26.8 Å². The molecule has 0 spiro atoms. The second kappa shape index (κ2) is 9.25. The van der Waals surface area contributed by atoms with Crippen LogP contribution in [0.25, 0.3) is 0 Å². The zero-order valence-electron chi connectivity index (χ0n) is 16.4. The van der Waals surface area contributed by atoms with Gasteiger partial charge in [0, 0.05) is 20.2 Å². The van der Waals surface area contributed by atoms with E-state index in [4.69, 9.17) is 9.15 Å². The molecule has 0 amide bonds. The van der Waals surface area contributed by atoms with Crippen molar-refractivity contribution in [1.82, 2.24) is 15.5 Å². The highest BCUT2D eigenvalue weighted by molar-refractivity contribution is 5.79. The molecule has 2 heterocycles. The molecule has 1 atom stereocenters. The molecular weight excluding hydrogens is 316 g/mol. The zero-order chi connectivity index (χ0) is 18.3. The number of guanidine groups is 1. The Balaban J connectivity index is 2.04. The number of hydrogen-bond acceptors (Lipinski definition) is 4. The molecule has 1 fully saturated rings. The van der Waals surface area contributed by atoms with E-state index >= 15 is 0 Å². The number of likely N-dealkylation sites (tertiary alicyclic amines) is 1. The van der Waals surface area contributed by atoms with Gasteiger partial charge in [-0.2, -0.15) is 0 Å². The van der Waals surface area contributed by atoms with Crippen molar-refractivity contribution < 1.29 is 9.15 Å². The van der Waals surface area contributed by atoms with Gasteiger partial charge in [-0.05, 0) is 65.8 Å². The van der Waals surface area contributed by atoms with E-state index in [1.165, 1.54) is 12.8 Å². The van der Waals surface area contributed by atoms with Crippen molar-refractivity contribution in [3.05, 3.63) is 23.7 Å². The molecule has 0 bridgehead atoms. The number of ether oxygens (including phenoxy) is 1. The minimum atomic E-state index is -0.269. The number of furan rings is 1. The summed E-state index contributed by atoms with van der Waals surface area (Å²) in [5, 5.41) is 6.80. The number of hydrogen-bond donors (Lipinski definition) is 2. The quantitative estimate of drug-likeness (QED) is 0.557. The Hall–Kier alpha value is -1.53. The Labute approximate surface area is 152 Å². The predicted molar refractivity (Wildman–Crippen MR) is 102 cm³/mol. The molecule has 0 saturated carbocycles. The highest BCUT2D eigenvalue weighted by Gasteiger charge is 2.26. The van der Waals surface area contributed by atoms with Crippen LogP contribution in [0, 0.1) is 6.92 Å². The van der Waals surface area contributed by atoms with E-state index < -0.39 is 0 Å². The summed E-state index contributed by atoms with van der Waals surface area (Å²) in [6.45, 7) is 12.6. The molecule has 1 saturated heterocycles. The van der Waals surface area contributed by atoms with E-state index in [0.717, 1.165) is 43.7 Å². The third kappa shape index (κ3) is 6.04. The number of aryl methyl sites for hydroxylation is 1. The van der Waals surface area contributed by atoms with E-state index in [2.05, 4.69) is 33.5 Å². The lowest BCUT2D eigenvalue weighted by Crippen LogP contribution is -2.43. The molecule has 1 aromatic rings. The van der Waals surface area contributed by atoms with Crippen molar-refractivity contribution in [2.45, 2.75) is 52.2 Å². The summed E-state index contributed by atoms with van der Waals surface area (Å²) < 4.78 is 11.4. The smallest absolute Gasteiger partial charge is 0.191 e. The molecule has 142 valence electrons. The monoisotopic (exact) mass is 350 g/mol. The highest BCUT2D eigenvalue weighted by Crippen LogP contribution is 2.26. The lowest BCUT2D eigenvalue weighted by molar-refractivity contribution is 0.0310. The zero-order valence-corrected chi connectivity index (χ0v) is 16.4. The summed E-state index contributed by atoms with van der Waals surface area (Å²) in [4.78, 5) is 7.17. The molecule has 1 aliphatic heterocycles. The van der Waals surface area contributed by atoms with Gasteiger partial charge in [0.15, 0.2) is 5.96 Å². The number of rotatable bonds is 8. The standard InChI is InChI=1S/C19H34N4O2/c1-6-20-18(22-14-19(3,4)24-5)21-13-16(23-11-7-8-12-23)17-10-9-15(2)25-17/h9-10,16H,6-8,11-14H2,1-5H3,(H2,20,21,22). The highest BCUT2D eigenvalue weighted by atomic mass is 16.5. The number of methoxy groups -OCH3 is 1. The molecule has 6 heteroatoms. The molecule has 25 heavy (non-hydrogen) atoms. The van der Waals surface area contributed by atoms with Gasteiger partial charge in [0.1, 0.15) is 11.5 Å². The van der Waals surface area contributed by atoms with Crippen LogP contribution in [0.2, 0.25) is 0 Å². The van der Waals surface area contributed by atoms with Gasteiger partial charge in [0.2, 0.25) is 0 Å². The predicted octanol–water partition coefficient (Wildman–Crippen LogP) is 2.71. The molecule has 1 aliphatic rings. The van der Waals surface area contributed by atoms with Crippen molar-refractivity contribution in [1.29, 1.82) is 0 Å². The van der Waals surface area contributed by atoms with Crippen molar-refractivity contribution in [2.75, 3.05) is 39.8 Å². The fourth-order valence-corrected chi connectivity index (χ4v) is 2.96.